The summed E-state index contributed by atoms with van der Waals surface area (Å²) >= 11 is 1.32. The number of amides is 1. The van der Waals surface area contributed by atoms with Crippen LogP contribution in [0.1, 0.15) is 24.0 Å². The molecule has 1 fully saturated rings. The van der Waals surface area contributed by atoms with E-state index in [1.54, 1.807) is 4.68 Å². The third kappa shape index (κ3) is 4.59. The number of carbonyl (C=O) groups excluding carboxylic acids is 1. The summed E-state index contributed by atoms with van der Waals surface area (Å²) in [5.41, 5.74) is 5.18. The number of nitrogens with zero attached hydrogens (tertiary/aromatic N) is 5. The lowest BCUT2D eigenvalue weighted by molar-refractivity contribution is -0.113. The van der Waals surface area contributed by atoms with Crippen LogP contribution < -0.4 is 10.2 Å². The second-order valence-corrected chi connectivity index (χ2v) is 8.18. The number of aryl methyl sites for hydroxylation is 2. The van der Waals surface area contributed by atoms with Crippen molar-refractivity contribution in [2.24, 2.45) is 0 Å². The van der Waals surface area contributed by atoms with Crippen molar-refractivity contribution in [3.63, 3.8) is 0 Å². The standard InChI is InChI=1S/C21H24N6OS/c1-15-5-7-17(8-6-15)27-21(23-24-25-27)29-14-20(28)22-19-10-9-18(13-16(19)2)26-11-3-4-12-26/h5-10,13H,3-4,11-12,14H2,1-2H3,(H,22,28). The number of rotatable bonds is 6. The van der Waals surface area contributed by atoms with Gasteiger partial charge in [0.05, 0.1) is 11.4 Å². The Kier molecular flexibility index (Phi) is 5.80. The van der Waals surface area contributed by atoms with E-state index >= 15 is 0 Å². The topological polar surface area (TPSA) is 75.9 Å². The Hall–Kier alpha value is -2.87. The quantitative estimate of drug-likeness (QED) is 0.628. The summed E-state index contributed by atoms with van der Waals surface area (Å²) in [6, 6.07) is 14.1. The molecule has 1 aliphatic heterocycles. The maximum Gasteiger partial charge on any atom is 0.234 e. The third-order valence-corrected chi connectivity index (χ3v) is 5.93. The highest BCUT2D eigenvalue weighted by Gasteiger charge is 2.15. The van der Waals surface area contributed by atoms with Gasteiger partial charge in [-0.15, -0.1) is 5.10 Å². The van der Waals surface area contributed by atoms with Gasteiger partial charge in [-0.3, -0.25) is 4.79 Å². The van der Waals surface area contributed by atoms with E-state index < -0.39 is 0 Å². The minimum atomic E-state index is -0.0783. The van der Waals surface area contributed by atoms with Crippen molar-refractivity contribution in [2.75, 3.05) is 29.1 Å². The van der Waals surface area contributed by atoms with Gasteiger partial charge >= 0.3 is 0 Å². The first-order valence-corrected chi connectivity index (χ1v) is 10.7. The summed E-state index contributed by atoms with van der Waals surface area (Å²) in [5, 5.41) is 15.4. The molecule has 1 aliphatic rings. The molecule has 7 nitrogen and oxygen atoms in total. The van der Waals surface area contributed by atoms with Gasteiger partial charge in [-0.2, -0.15) is 4.68 Å². The van der Waals surface area contributed by atoms with Crippen LogP contribution in [0.2, 0.25) is 0 Å². The zero-order chi connectivity index (χ0) is 20.2. The lowest BCUT2D eigenvalue weighted by Crippen LogP contribution is -2.18. The fourth-order valence-corrected chi connectivity index (χ4v) is 4.08. The molecule has 0 bridgehead atoms. The average molecular weight is 409 g/mol. The molecular formula is C21H24N6OS. The first-order valence-electron chi connectivity index (χ1n) is 9.74. The van der Waals surface area contributed by atoms with E-state index in [2.05, 4.69) is 37.9 Å². The molecule has 0 radical (unpaired) electrons. The van der Waals surface area contributed by atoms with Gasteiger partial charge in [0.25, 0.3) is 0 Å². The number of nitrogens with one attached hydrogen (secondary N) is 1. The van der Waals surface area contributed by atoms with Crippen molar-refractivity contribution in [1.82, 2.24) is 20.2 Å². The van der Waals surface area contributed by atoms with Gasteiger partial charge in [-0.25, -0.2) is 0 Å². The minimum absolute atomic E-state index is 0.0783. The Morgan fingerprint density at radius 2 is 1.79 bits per heavy atom. The molecule has 1 saturated heterocycles. The molecule has 4 rings (SSSR count). The Morgan fingerprint density at radius 3 is 2.52 bits per heavy atom. The molecule has 3 aromatic rings. The molecule has 2 aromatic carbocycles. The molecule has 150 valence electrons. The largest absolute Gasteiger partial charge is 0.372 e. The van der Waals surface area contributed by atoms with Gasteiger partial charge in [-0.05, 0) is 73.0 Å². The van der Waals surface area contributed by atoms with E-state index in [9.17, 15) is 4.79 Å². The second-order valence-electron chi connectivity index (χ2n) is 7.24. The van der Waals surface area contributed by atoms with Gasteiger partial charge in [0.2, 0.25) is 11.1 Å². The van der Waals surface area contributed by atoms with Crippen LogP contribution in [0.3, 0.4) is 0 Å². The number of aromatic nitrogens is 4. The van der Waals surface area contributed by atoms with Crippen LogP contribution in [0.15, 0.2) is 47.6 Å². The van der Waals surface area contributed by atoms with Crippen LogP contribution in [-0.4, -0.2) is 45.0 Å². The summed E-state index contributed by atoms with van der Waals surface area (Å²) in [4.78, 5) is 14.9. The van der Waals surface area contributed by atoms with Gasteiger partial charge in [0.15, 0.2) is 0 Å². The van der Waals surface area contributed by atoms with Crippen LogP contribution in [0.5, 0.6) is 0 Å². The van der Waals surface area contributed by atoms with Crippen LogP contribution >= 0.6 is 11.8 Å². The molecule has 0 saturated carbocycles. The Morgan fingerprint density at radius 1 is 1.07 bits per heavy atom. The molecule has 29 heavy (non-hydrogen) atoms. The molecule has 0 aliphatic carbocycles. The molecule has 1 amide bonds. The van der Waals surface area contributed by atoms with Crippen molar-refractivity contribution in [1.29, 1.82) is 0 Å². The van der Waals surface area contributed by atoms with Crippen LogP contribution in [0, 0.1) is 13.8 Å². The van der Waals surface area contributed by atoms with E-state index in [1.807, 2.05) is 44.2 Å². The highest BCUT2D eigenvalue weighted by molar-refractivity contribution is 7.99. The van der Waals surface area contributed by atoms with E-state index in [1.165, 1.54) is 35.9 Å². The zero-order valence-electron chi connectivity index (χ0n) is 16.6. The zero-order valence-corrected chi connectivity index (χ0v) is 17.4. The fourth-order valence-electron chi connectivity index (χ4n) is 3.39. The van der Waals surface area contributed by atoms with E-state index in [0.717, 1.165) is 30.0 Å². The van der Waals surface area contributed by atoms with Crippen LogP contribution in [0.4, 0.5) is 11.4 Å². The van der Waals surface area contributed by atoms with Gasteiger partial charge in [0.1, 0.15) is 0 Å². The molecule has 1 N–H and O–H groups in total. The van der Waals surface area contributed by atoms with Gasteiger partial charge in [0, 0.05) is 24.5 Å². The third-order valence-electron chi connectivity index (χ3n) is 5.01. The summed E-state index contributed by atoms with van der Waals surface area (Å²) in [5.74, 6) is 0.157. The SMILES string of the molecule is Cc1ccc(-n2nnnc2SCC(=O)Nc2ccc(N3CCCC3)cc2C)cc1. The van der Waals surface area contributed by atoms with Crippen molar-refractivity contribution >= 4 is 29.0 Å². The van der Waals surface area contributed by atoms with E-state index in [4.69, 9.17) is 0 Å². The maximum atomic E-state index is 12.5. The highest BCUT2D eigenvalue weighted by Crippen LogP contribution is 2.26. The maximum absolute atomic E-state index is 12.5. The number of hydrogen-bond acceptors (Lipinski definition) is 6. The molecule has 8 heteroatoms. The predicted molar refractivity (Wildman–Crippen MR) is 116 cm³/mol. The van der Waals surface area contributed by atoms with Gasteiger partial charge in [-0.1, -0.05) is 29.5 Å². The lowest BCUT2D eigenvalue weighted by Gasteiger charge is -2.19. The van der Waals surface area contributed by atoms with Crippen molar-refractivity contribution in [2.45, 2.75) is 31.8 Å². The molecular weight excluding hydrogens is 384 g/mol. The Labute approximate surface area is 174 Å². The summed E-state index contributed by atoms with van der Waals surface area (Å²) < 4.78 is 1.65. The van der Waals surface area contributed by atoms with E-state index in [-0.39, 0.29) is 11.7 Å². The molecule has 0 atom stereocenters. The summed E-state index contributed by atoms with van der Waals surface area (Å²) in [6.45, 7) is 6.28. The van der Waals surface area contributed by atoms with Gasteiger partial charge < -0.3 is 10.2 Å². The fraction of sp³-hybridized carbons (Fsp3) is 0.333. The number of hydrogen-bond donors (Lipinski definition) is 1. The first kappa shape index (κ1) is 19.4. The lowest BCUT2D eigenvalue weighted by atomic mass is 10.1. The smallest absolute Gasteiger partial charge is 0.234 e. The normalized spacial score (nSPS) is 13.7. The molecule has 0 unspecified atom stereocenters. The van der Waals surface area contributed by atoms with Crippen molar-refractivity contribution < 1.29 is 4.79 Å². The first-order chi connectivity index (χ1) is 14.1. The number of tetrazole rings is 1. The monoisotopic (exact) mass is 408 g/mol. The summed E-state index contributed by atoms with van der Waals surface area (Å²) in [6.07, 6.45) is 2.49. The highest BCUT2D eigenvalue weighted by atomic mass is 32.2. The Balaban J connectivity index is 1.37. The van der Waals surface area contributed by atoms with Crippen molar-refractivity contribution in [3.8, 4) is 5.69 Å². The van der Waals surface area contributed by atoms with E-state index in [0.29, 0.717) is 5.16 Å². The Bertz CT molecular complexity index is 995. The predicted octanol–water partition coefficient (Wildman–Crippen LogP) is 3.61. The van der Waals surface area contributed by atoms with Crippen molar-refractivity contribution in [3.05, 3.63) is 53.6 Å². The molecule has 1 aromatic heterocycles. The summed E-state index contributed by atoms with van der Waals surface area (Å²) in [7, 11) is 0. The molecule has 0 spiro atoms. The number of carbonyl (C=O) groups is 1. The molecule has 2 heterocycles. The number of anilines is 2. The second kappa shape index (κ2) is 8.65. The van der Waals surface area contributed by atoms with Crippen LogP contribution in [-0.2, 0) is 4.79 Å². The average Bonchev–Trinajstić information content (AvgIpc) is 3.41. The van der Waals surface area contributed by atoms with Crippen LogP contribution in [0.25, 0.3) is 5.69 Å². The number of benzene rings is 2. The minimum Gasteiger partial charge on any atom is -0.372 e. The number of thioether (sulfide) groups is 1.